The molecular weight excluding hydrogens is 216 g/mol. The average Bonchev–Trinajstić information content (AvgIpc) is 2.41. The highest BCUT2D eigenvalue weighted by molar-refractivity contribution is 5.70. The van der Waals surface area contributed by atoms with E-state index in [-0.39, 0.29) is 0 Å². The molecule has 0 spiro atoms. The van der Waals surface area contributed by atoms with Gasteiger partial charge in [-0.05, 0) is 73.1 Å². The fourth-order valence-electron chi connectivity index (χ4n) is 2.43. The largest absolute Gasteiger partial charge is 0.0613 e. The first-order valence-corrected chi connectivity index (χ1v) is 6.71. The summed E-state index contributed by atoms with van der Waals surface area (Å²) in [6, 6.07) is 11.3. The van der Waals surface area contributed by atoms with E-state index in [1.807, 2.05) is 0 Å². The molecule has 2 rings (SSSR count). The van der Waals surface area contributed by atoms with Gasteiger partial charge in [0.1, 0.15) is 0 Å². The molecule has 0 heterocycles. The van der Waals surface area contributed by atoms with Crippen LogP contribution in [0.15, 0.2) is 30.3 Å². The van der Waals surface area contributed by atoms with Crippen LogP contribution in [0.5, 0.6) is 0 Å². The van der Waals surface area contributed by atoms with Crippen LogP contribution >= 0.6 is 0 Å². The third-order valence-corrected chi connectivity index (χ3v) is 4.15. The molecule has 0 N–H and O–H groups in total. The zero-order valence-corrected chi connectivity index (χ0v) is 12.1. The van der Waals surface area contributed by atoms with E-state index in [4.69, 9.17) is 0 Å². The van der Waals surface area contributed by atoms with Crippen molar-refractivity contribution in [3.63, 3.8) is 0 Å². The second-order valence-corrected chi connectivity index (χ2v) is 5.17. The van der Waals surface area contributed by atoms with Crippen molar-refractivity contribution in [3.05, 3.63) is 58.1 Å². The number of rotatable bonds is 2. The molecule has 0 aliphatic carbocycles. The highest BCUT2D eigenvalue weighted by Crippen LogP contribution is 2.29. The summed E-state index contributed by atoms with van der Waals surface area (Å²) in [6.45, 7) is 11.1. The van der Waals surface area contributed by atoms with Crippen LogP contribution in [0.25, 0.3) is 11.1 Å². The van der Waals surface area contributed by atoms with Crippen molar-refractivity contribution in [2.45, 2.75) is 41.0 Å². The van der Waals surface area contributed by atoms with E-state index in [1.54, 1.807) is 0 Å². The van der Waals surface area contributed by atoms with Crippen LogP contribution in [0.3, 0.4) is 0 Å². The monoisotopic (exact) mass is 238 g/mol. The number of hydrogen-bond acceptors (Lipinski definition) is 0. The van der Waals surface area contributed by atoms with Gasteiger partial charge in [-0.3, -0.25) is 0 Å². The predicted molar refractivity (Wildman–Crippen MR) is 80.2 cm³/mol. The maximum atomic E-state index is 2.32. The van der Waals surface area contributed by atoms with Gasteiger partial charge in [0, 0.05) is 0 Å². The second-order valence-electron chi connectivity index (χ2n) is 5.17. The number of aryl methyl sites for hydroxylation is 2. The first kappa shape index (κ1) is 12.9. The summed E-state index contributed by atoms with van der Waals surface area (Å²) in [6.07, 6.45) is 1.10. The van der Waals surface area contributed by atoms with Crippen molar-refractivity contribution in [1.82, 2.24) is 0 Å². The molecule has 0 nitrogen and oxygen atoms in total. The Morgan fingerprint density at radius 1 is 0.778 bits per heavy atom. The van der Waals surface area contributed by atoms with E-state index in [2.05, 4.69) is 65.0 Å². The van der Waals surface area contributed by atoms with Gasteiger partial charge in [-0.25, -0.2) is 0 Å². The maximum Gasteiger partial charge on any atom is -0.0149 e. The van der Waals surface area contributed by atoms with Crippen LogP contribution in [0.1, 0.15) is 34.7 Å². The molecule has 0 saturated carbocycles. The quantitative estimate of drug-likeness (QED) is 0.678. The minimum Gasteiger partial charge on any atom is -0.0613 e. The van der Waals surface area contributed by atoms with Crippen LogP contribution in [-0.2, 0) is 6.42 Å². The van der Waals surface area contributed by atoms with E-state index in [1.165, 1.54) is 38.9 Å². The maximum absolute atomic E-state index is 2.32. The lowest BCUT2D eigenvalue weighted by molar-refractivity contribution is 1.14. The van der Waals surface area contributed by atoms with Gasteiger partial charge < -0.3 is 0 Å². The molecule has 0 aliphatic heterocycles. The van der Waals surface area contributed by atoms with E-state index in [0.717, 1.165) is 6.42 Å². The minimum absolute atomic E-state index is 1.10. The number of benzene rings is 2. The van der Waals surface area contributed by atoms with Crippen LogP contribution in [0.4, 0.5) is 0 Å². The summed E-state index contributed by atoms with van der Waals surface area (Å²) in [5.41, 5.74) is 9.73. The van der Waals surface area contributed by atoms with E-state index in [0.29, 0.717) is 0 Å². The Morgan fingerprint density at radius 2 is 1.39 bits per heavy atom. The van der Waals surface area contributed by atoms with Crippen LogP contribution < -0.4 is 0 Å². The highest BCUT2D eigenvalue weighted by Gasteiger charge is 2.08. The summed E-state index contributed by atoms with van der Waals surface area (Å²) in [5.74, 6) is 0. The average molecular weight is 238 g/mol. The highest BCUT2D eigenvalue weighted by atomic mass is 14.1. The van der Waals surface area contributed by atoms with Crippen molar-refractivity contribution in [3.8, 4) is 11.1 Å². The fourth-order valence-corrected chi connectivity index (χ4v) is 2.43. The summed E-state index contributed by atoms with van der Waals surface area (Å²) < 4.78 is 0. The molecule has 18 heavy (non-hydrogen) atoms. The van der Waals surface area contributed by atoms with Crippen molar-refractivity contribution in [2.75, 3.05) is 0 Å². The molecule has 0 aromatic heterocycles. The minimum atomic E-state index is 1.10. The molecule has 0 heteroatoms. The molecule has 94 valence electrons. The molecule has 0 unspecified atom stereocenters. The lowest BCUT2D eigenvalue weighted by atomic mass is 9.90. The Hall–Kier alpha value is -1.56. The number of hydrogen-bond donors (Lipinski definition) is 0. The van der Waals surface area contributed by atoms with Gasteiger partial charge in [0.2, 0.25) is 0 Å². The molecule has 0 saturated heterocycles. The summed E-state index contributed by atoms with van der Waals surface area (Å²) in [7, 11) is 0. The van der Waals surface area contributed by atoms with Crippen molar-refractivity contribution in [1.29, 1.82) is 0 Å². The van der Waals surface area contributed by atoms with Gasteiger partial charge in [-0.15, -0.1) is 0 Å². The standard InChI is InChI=1S/C18H22/c1-6-16-7-9-17(10-8-16)18-11-12(2)13(3)14(4)15(18)5/h7-11H,6H2,1-5H3. The van der Waals surface area contributed by atoms with Crippen LogP contribution in [0, 0.1) is 27.7 Å². The lowest BCUT2D eigenvalue weighted by Gasteiger charge is -2.14. The molecule has 0 atom stereocenters. The van der Waals surface area contributed by atoms with E-state index >= 15 is 0 Å². The van der Waals surface area contributed by atoms with Gasteiger partial charge in [-0.1, -0.05) is 37.3 Å². The van der Waals surface area contributed by atoms with Crippen LogP contribution in [0.2, 0.25) is 0 Å². The Bertz CT molecular complexity index is 560. The molecule has 2 aromatic rings. The first-order valence-electron chi connectivity index (χ1n) is 6.71. The van der Waals surface area contributed by atoms with Crippen molar-refractivity contribution < 1.29 is 0 Å². The fraction of sp³-hybridized carbons (Fsp3) is 0.333. The zero-order valence-electron chi connectivity index (χ0n) is 12.1. The summed E-state index contributed by atoms with van der Waals surface area (Å²) in [4.78, 5) is 0. The van der Waals surface area contributed by atoms with Crippen LogP contribution in [-0.4, -0.2) is 0 Å². The molecule has 0 fully saturated rings. The predicted octanol–water partition coefficient (Wildman–Crippen LogP) is 5.15. The normalized spacial score (nSPS) is 10.7. The molecule has 0 aliphatic rings. The summed E-state index contributed by atoms with van der Waals surface area (Å²) >= 11 is 0. The first-order chi connectivity index (χ1) is 8.54. The third-order valence-electron chi connectivity index (χ3n) is 4.15. The van der Waals surface area contributed by atoms with Crippen molar-refractivity contribution >= 4 is 0 Å². The summed E-state index contributed by atoms with van der Waals surface area (Å²) in [5, 5.41) is 0. The Morgan fingerprint density at radius 3 is 1.94 bits per heavy atom. The van der Waals surface area contributed by atoms with Gasteiger partial charge in [-0.2, -0.15) is 0 Å². The molecule has 0 amide bonds. The Kier molecular flexibility index (Phi) is 3.56. The van der Waals surface area contributed by atoms with Gasteiger partial charge in [0.15, 0.2) is 0 Å². The SMILES string of the molecule is CCc1ccc(-c2cc(C)c(C)c(C)c2C)cc1. The topological polar surface area (TPSA) is 0 Å². The molecule has 0 bridgehead atoms. The third kappa shape index (κ3) is 2.20. The van der Waals surface area contributed by atoms with E-state index < -0.39 is 0 Å². The molecule has 2 aromatic carbocycles. The lowest BCUT2D eigenvalue weighted by Crippen LogP contribution is -1.94. The molecular formula is C18H22. The van der Waals surface area contributed by atoms with Gasteiger partial charge in [0.25, 0.3) is 0 Å². The van der Waals surface area contributed by atoms with Gasteiger partial charge >= 0.3 is 0 Å². The smallest absolute Gasteiger partial charge is 0.0149 e. The Balaban J connectivity index is 2.56. The zero-order chi connectivity index (χ0) is 13.3. The second kappa shape index (κ2) is 4.97. The van der Waals surface area contributed by atoms with E-state index in [9.17, 15) is 0 Å². The van der Waals surface area contributed by atoms with Gasteiger partial charge in [0.05, 0.1) is 0 Å². The Labute approximate surface area is 111 Å². The van der Waals surface area contributed by atoms with Crippen molar-refractivity contribution in [2.24, 2.45) is 0 Å². The molecule has 0 radical (unpaired) electrons.